The molecule has 28 heavy (non-hydrogen) atoms. The standard InChI is InChI=1S/C18H15ClN8O/c1-10-16-11(3-2-4-13(16)17-21-24-25-22-17)5-6-26(10)18(28)14-7-15-20-8-12(19)9-27(15)23-14/h2-4,7-10H,5-6H2,1H3,(H,21,22,24,25). The lowest BCUT2D eigenvalue weighted by atomic mass is 9.89. The molecule has 1 aliphatic heterocycles. The molecule has 9 nitrogen and oxygen atoms in total. The Morgan fingerprint density at radius 3 is 3.07 bits per heavy atom. The van der Waals surface area contributed by atoms with E-state index < -0.39 is 0 Å². The van der Waals surface area contributed by atoms with Gasteiger partial charge < -0.3 is 4.90 Å². The van der Waals surface area contributed by atoms with Crippen LogP contribution in [0.2, 0.25) is 5.02 Å². The summed E-state index contributed by atoms with van der Waals surface area (Å²) in [4.78, 5) is 19.2. The first-order valence-electron chi connectivity index (χ1n) is 8.79. The Kier molecular flexibility index (Phi) is 3.83. The van der Waals surface area contributed by atoms with Gasteiger partial charge in [0, 0.05) is 24.4 Å². The summed E-state index contributed by atoms with van der Waals surface area (Å²) in [6.07, 6.45) is 3.91. The molecule has 0 spiro atoms. The van der Waals surface area contributed by atoms with Gasteiger partial charge in [-0.3, -0.25) is 4.79 Å². The Balaban J connectivity index is 1.53. The minimum atomic E-state index is -0.160. The molecule has 5 rings (SSSR count). The van der Waals surface area contributed by atoms with Crippen LogP contribution in [-0.2, 0) is 6.42 Å². The van der Waals surface area contributed by atoms with Gasteiger partial charge in [0.1, 0.15) is 0 Å². The number of amides is 1. The summed E-state index contributed by atoms with van der Waals surface area (Å²) < 4.78 is 1.52. The zero-order valence-electron chi connectivity index (χ0n) is 14.9. The van der Waals surface area contributed by atoms with Crippen LogP contribution in [0.15, 0.2) is 36.7 Å². The predicted molar refractivity (Wildman–Crippen MR) is 101 cm³/mol. The second kappa shape index (κ2) is 6.38. The summed E-state index contributed by atoms with van der Waals surface area (Å²) in [6.45, 7) is 2.61. The van der Waals surface area contributed by atoms with Crippen molar-refractivity contribution in [3.63, 3.8) is 0 Å². The first-order valence-corrected chi connectivity index (χ1v) is 9.17. The average Bonchev–Trinajstić information content (AvgIpc) is 3.37. The van der Waals surface area contributed by atoms with Crippen molar-refractivity contribution in [1.29, 1.82) is 0 Å². The number of tetrazole rings is 1. The van der Waals surface area contributed by atoms with Crippen molar-refractivity contribution in [2.24, 2.45) is 0 Å². The summed E-state index contributed by atoms with van der Waals surface area (Å²) in [5.74, 6) is 0.368. The highest BCUT2D eigenvalue weighted by atomic mass is 35.5. The lowest BCUT2D eigenvalue weighted by Crippen LogP contribution is -2.39. The number of fused-ring (bicyclic) bond motifs is 2. The van der Waals surface area contributed by atoms with Crippen molar-refractivity contribution in [3.8, 4) is 11.4 Å². The quantitative estimate of drug-likeness (QED) is 0.559. The molecule has 4 heterocycles. The monoisotopic (exact) mass is 394 g/mol. The van der Waals surface area contributed by atoms with Crippen LogP contribution in [0.5, 0.6) is 0 Å². The fraction of sp³-hybridized carbons (Fsp3) is 0.222. The molecule has 0 bridgehead atoms. The van der Waals surface area contributed by atoms with Crippen LogP contribution in [0.1, 0.15) is 34.6 Å². The van der Waals surface area contributed by atoms with Gasteiger partial charge in [-0.2, -0.15) is 10.3 Å². The highest BCUT2D eigenvalue weighted by molar-refractivity contribution is 6.30. The van der Waals surface area contributed by atoms with E-state index in [-0.39, 0.29) is 11.9 Å². The molecule has 0 radical (unpaired) electrons. The Labute approximate surface area is 164 Å². The molecule has 0 saturated heterocycles. The minimum absolute atomic E-state index is 0.150. The van der Waals surface area contributed by atoms with Gasteiger partial charge in [0.05, 0.1) is 17.3 Å². The molecule has 140 valence electrons. The molecule has 0 saturated carbocycles. The summed E-state index contributed by atoms with van der Waals surface area (Å²) in [7, 11) is 0. The molecule has 1 atom stereocenters. The van der Waals surface area contributed by atoms with E-state index in [1.54, 1.807) is 12.3 Å². The lowest BCUT2D eigenvalue weighted by Gasteiger charge is -2.35. The molecule has 3 aromatic heterocycles. The number of aromatic amines is 1. The maximum atomic E-state index is 13.2. The fourth-order valence-electron chi connectivity index (χ4n) is 3.77. The first kappa shape index (κ1) is 16.8. The Morgan fingerprint density at radius 2 is 2.25 bits per heavy atom. The molecule has 1 unspecified atom stereocenters. The van der Waals surface area contributed by atoms with E-state index in [2.05, 4.69) is 36.8 Å². The summed E-state index contributed by atoms with van der Waals surface area (Å²) in [5, 5.41) is 19.2. The van der Waals surface area contributed by atoms with Crippen LogP contribution < -0.4 is 0 Å². The van der Waals surface area contributed by atoms with Crippen molar-refractivity contribution in [1.82, 2.24) is 40.1 Å². The molecule has 1 amide bonds. The Hall–Kier alpha value is -3.33. The molecule has 1 N–H and O–H groups in total. The number of benzene rings is 1. The average molecular weight is 395 g/mol. The number of nitrogens with zero attached hydrogens (tertiary/aromatic N) is 7. The van der Waals surface area contributed by atoms with E-state index in [1.165, 1.54) is 16.3 Å². The smallest absolute Gasteiger partial charge is 0.274 e. The Morgan fingerprint density at radius 1 is 1.36 bits per heavy atom. The van der Waals surface area contributed by atoms with Gasteiger partial charge in [0.2, 0.25) is 5.82 Å². The van der Waals surface area contributed by atoms with Crippen LogP contribution >= 0.6 is 11.6 Å². The lowest BCUT2D eigenvalue weighted by molar-refractivity contribution is 0.0672. The van der Waals surface area contributed by atoms with Crippen molar-refractivity contribution in [3.05, 3.63) is 58.5 Å². The fourth-order valence-corrected chi connectivity index (χ4v) is 3.91. The number of hydrogen-bond acceptors (Lipinski definition) is 6. The summed E-state index contributed by atoms with van der Waals surface area (Å²) in [6, 6.07) is 7.52. The van der Waals surface area contributed by atoms with Crippen LogP contribution in [0.3, 0.4) is 0 Å². The highest BCUT2D eigenvalue weighted by Crippen LogP contribution is 2.36. The molecular weight excluding hydrogens is 380 g/mol. The molecule has 4 aromatic rings. The van der Waals surface area contributed by atoms with Gasteiger partial charge in [0.15, 0.2) is 11.3 Å². The van der Waals surface area contributed by atoms with Gasteiger partial charge in [-0.1, -0.05) is 29.8 Å². The summed E-state index contributed by atoms with van der Waals surface area (Å²) >= 11 is 5.96. The third-order valence-corrected chi connectivity index (χ3v) is 5.25. The van der Waals surface area contributed by atoms with E-state index >= 15 is 0 Å². The van der Waals surface area contributed by atoms with Crippen LogP contribution in [0.4, 0.5) is 0 Å². The van der Waals surface area contributed by atoms with E-state index in [0.717, 1.165) is 17.5 Å². The third kappa shape index (κ3) is 2.63. The molecule has 10 heteroatoms. The van der Waals surface area contributed by atoms with Gasteiger partial charge in [0.25, 0.3) is 5.91 Å². The van der Waals surface area contributed by atoms with E-state index in [1.807, 2.05) is 24.0 Å². The van der Waals surface area contributed by atoms with Crippen molar-refractivity contribution >= 4 is 23.2 Å². The topological polar surface area (TPSA) is 105 Å². The third-order valence-electron chi connectivity index (χ3n) is 5.05. The second-order valence-electron chi connectivity index (χ2n) is 6.64. The van der Waals surface area contributed by atoms with Crippen LogP contribution in [0, 0.1) is 0 Å². The molecule has 1 aromatic carbocycles. The number of carbonyl (C=O) groups is 1. The maximum Gasteiger partial charge on any atom is 0.274 e. The number of carbonyl (C=O) groups excluding carboxylic acids is 1. The number of nitrogens with one attached hydrogen (secondary N) is 1. The number of halogens is 1. The number of hydrogen-bond donors (Lipinski definition) is 1. The van der Waals surface area contributed by atoms with Crippen molar-refractivity contribution < 1.29 is 4.79 Å². The predicted octanol–water partition coefficient (Wildman–Crippen LogP) is 2.32. The van der Waals surface area contributed by atoms with Gasteiger partial charge in [-0.25, -0.2) is 9.50 Å². The van der Waals surface area contributed by atoms with E-state index in [9.17, 15) is 4.79 Å². The number of rotatable bonds is 2. The van der Waals surface area contributed by atoms with Crippen molar-refractivity contribution in [2.75, 3.05) is 6.54 Å². The Bertz CT molecular complexity index is 1190. The molecule has 0 aliphatic carbocycles. The van der Waals surface area contributed by atoms with Crippen molar-refractivity contribution in [2.45, 2.75) is 19.4 Å². The number of aromatic nitrogens is 7. The summed E-state index contributed by atoms with van der Waals surface area (Å²) in [5.41, 5.74) is 4.00. The second-order valence-corrected chi connectivity index (χ2v) is 7.08. The zero-order chi connectivity index (χ0) is 19.3. The van der Waals surface area contributed by atoms with Crippen LogP contribution in [-0.4, -0.2) is 52.6 Å². The van der Waals surface area contributed by atoms with Gasteiger partial charge in [-0.05, 0) is 29.7 Å². The number of H-pyrrole nitrogens is 1. The van der Waals surface area contributed by atoms with Gasteiger partial charge in [-0.15, -0.1) is 10.2 Å². The molecular formula is C18H15ClN8O. The normalized spacial score (nSPS) is 16.4. The maximum absolute atomic E-state index is 13.2. The largest absolute Gasteiger partial charge is 0.330 e. The highest BCUT2D eigenvalue weighted by Gasteiger charge is 2.32. The molecule has 0 fully saturated rings. The zero-order valence-corrected chi connectivity index (χ0v) is 15.6. The van der Waals surface area contributed by atoms with Gasteiger partial charge >= 0.3 is 0 Å². The molecule has 1 aliphatic rings. The minimum Gasteiger partial charge on any atom is -0.330 e. The first-order chi connectivity index (χ1) is 13.6. The van der Waals surface area contributed by atoms with E-state index in [0.29, 0.717) is 28.7 Å². The van der Waals surface area contributed by atoms with E-state index in [4.69, 9.17) is 11.6 Å². The van der Waals surface area contributed by atoms with Crippen LogP contribution in [0.25, 0.3) is 17.0 Å². The SMILES string of the molecule is CC1c2c(cccc2-c2nn[nH]n2)CCN1C(=O)c1cc2ncc(Cl)cn2n1.